The van der Waals surface area contributed by atoms with Crippen molar-refractivity contribution in [1.82, 2.24) is 0 Å². The summed E-state index contributed by atoms with van der Waals surface area (Å²) in [5.41, 5.74) is 2.98. The normalized spacial score (nSPS) is 9.97. The molecule has 0 N–H and O–H groups in total. The molecule has 0 nitrogen and oxygen atoms in total. The molecule has 0 saturated carbocycles. The molecule has 0 saturated heterocycles. The van der Waals surface area contributed by atoms with Crippen LogP contribution in [0, 0.1) is 6.92 Å². The first-order valence-electron chi connectivity index (χ1n) is 11.3. The van der Waals surface area contributed by atoms with Crippen LogP contribution < -0.4 is 30.1 Å². The fourth-order valence-corrected chi connectivity index (χ4v) is 6.36. The third kappa shape index (κ3) is 11.5. The van der Waals surface area contributed by atoms with Crippen molar-refractivity contribution >= 4 is 24.0 Å². The molecule has 0 atom stereocenters. The van der Waals surface area contributed by atoms with Crippen LogP contribution in [0.5, 0.6) is 0 Å². The van der Waals surface area contributed by atoms with Gasteiger partial charge in [-0.2, -0.15) is 23.3 Å². The average Bonchev–Trinajstić information content (AvgIpc) is 3.32. The van der Waals surface area contributed by atoms with Gasteiger partial charge < -0.3 is 24.8 Å². The molecule has 0 aliphatic rings. The Morgan fingerprint density at radius 2 is 1.45 bits per heavy atom. The maximum atomic E-state index is 2.44. The molecule has 0 radical (unpaired) electrons. The molecule has 0 spiro atoms. The standard InChI is InChI=1S/C17H24P.C10H15.2ClH.Ti/c1-3-5-11-18(12-6-4-2)17-13-15-9-7-8-10-16(15)14-17;1-3-4-7-10-8-5-6-9(10)2;;;/h7-10,13-14H,3-6,11-12H2,1-2H3;5-6,8H,3-4,7H2,1-2H3;2*1H;/q2*-1;;;+4/p-2. The van der Waals surface area contributed by atoms with Gasteiger partial charge in [-0.15, -0.1) is 40.3 Å². The third-order valence-corrected chi connectivity index (χ3v) is 8.18. The van der Waals surface area contributed by atoms with Crippen molar-refractivity contribution in [3.8, 4) is 0 Å². The summed E-state index contributed by atoms with van der Waals surface area (Å²) in [5.74, 6) is 0. The number of hydrogen-bond acceptors (Lipinski definition) is 0. The fraction of sp³-hybridized carbons (Fsp3) is 0.481. The van der Waals surface area contributed by atoms with Gasteiger partial charge >= 0.3 is 21.7 Å². The average molecular weight is 513 g/mol. The molecule has 170 valence electrons. The summed E-state index contributed by atoms with van der Waals surface area (Å²) in [6.07, 6.45) is 12.1. The predicted octanol–water partition coefficient (Wildman–Crippen LogP) is 2.33. The Labute approximate surface area is 220 Å². The molecular formula is C27H39Cl2PTi. The minimum atomic E-state index is 0. The molecule has 0 amide bonds. The largest absolute Gasteiger partial charge is 4.00 e. The minimum absolute atomic E-state index is 0. The van der Waals surface area contributed by atoms with E-state index < -0.39 is 0 Å². The van der Waals surface area contributed by atoms with Crippen LogP contribution in [0.1, 0.15) is 70.4 Å². The maximum Gasteiger partial charge on any atom is 4.00 e. The van der Waals surface area contributed by atoms with Crippen molar-refractivity contribution in [3.63, 3.8) is 0 Å². The summed E-state index contributed by atoms with van der Waals surface area (Å²) >= 11 is 0. The number of hydrogen-bond donors (Lipinski definition) is 0. The number of benzene rings is 1. The van der Waals surface area contributed by atoms with Crippen LogP contribution in [-0.2, 0) is 28.1 Å². The van der Waals surface area contributed by atoms with Gasteiger partial charge in [0.2, 0.25) is 0 Å². The van der Waals surface area contributed by atoms with Crippen molar-refractivity contribution in [3.05, 3.63) is 65.7 Å². The third-order valence-electron chi connectivity index (χ3n) is 5.48. The van der Waals surface area contributed by atoms with Gasteiger partial charge in [0.15, 0.2) is 0 Å². The quantitative estimate of drug-likeness (QED) is 0.222. The number of rotatable bonds is 10. The first kappa shape index (κ1) is 33.1. The summed E-state index contributed by atoms with van der Waals surface area (Å²) in [6, 6.07) is 20.2. The molecule has 0 bridgehead atoms. The van der Waals surface area contributed by atoms with E-state index in [1.54, 1.807) is 5.30 Å². The molecule has 3 aromatic carbocycles. The molecule has 0 unspecified atom stereocenters. The van der Waals surface area contributed by atoms with Gasteiger partial charge in [0, 0.05) is 0 Å². The van der Waals surface area contributed by atoms with Gasteiger partial charge in [-0.1, -0.05) is 73.8 Å². The zero-order valence-electron chi connectivity index (χ0n) is 19.8. The summed E-state index contributed by atoms with van der Waals surface area (Å²) in [6.45, 7) is 9.02. The van der Waals surface area contributed by atoms with Gasteiger partial charge in [0.1, 0.15) is 0 Å². The second kappa shape index (κ2) is 19.4. The van der Waals surface area contributed by atoms with Gasteiger partial charge in [-0.05, 0) is 25.2 Å². The van der Waals surface area contributed by atoms with Crippen LogP contribution in [0.2, 0.25) is 0 Å². The first-order valence-corrected chi connectivity index (χ1v) is 13.0. The van der Waals surface area contributed by atoms with Crippen LogP contribution in [-0.4, -0.2) is 12.3 Å². The molecule has 0 heterocycles. The minimum Gasteiger partial charge on any atom is -1.00 e. The van der Waals surface area contributed by atoms with Crippen LogP contribution in [0.4, 0.5) is 0 Å². The van der Waals surface area contributed by atoms with Gasteiger partial charge in [-0.25, -0.2) is 12.1 Å². The number of aryl methyl sites for hydroxylation is 2. The first-order chi connectivity index (χ1) is 13.7. The van der Waals surface area contributed by atoms with E-state index in [2.05, 4.69) is 82.3 Å². The molecule has 3 rings (SSSR count). The monoisotopic (exact) mass is 512 g/mol. The maximum absolute atomic E-state index is 2.44. The van der Waals surface area contributed by atoms with Gasteiger partial charge in [0.05, 0.1) is 0 Å². The zero-order chi connectivity index (χ0) is 20.2. The Bertz CT molecular complexity index is 752. The van der Waals surface area contributed by atoms with Gasteiger partial charge in [0.25, 0.3) is 0 Å². The van der Waals surface area contributed by atoms with Crippen molar-refractivity contribution in [1.29, 1.82) is 0 Å². The second-order valence-corrected chi connectivity index (χ2v) is 10.4. The predicted molar refractivity (Wildman–Crippen MR) is 131 cm³/mol. The molecule has 0 aliphatic heterocycles. The Morgan fingerprint density at radius 3 is 1.97 bits per heavy atom. The van der Waals surface area contributed by atoms with E-state index in [1.165, 1.54) is 79.2 Å². The summed E-state index contributed by atoms with van der Waals surface area (Å²) in [5, 5.41) is 4.48. The van der Waals surface area contributed by atoms with E-state index in [4.69, 9.17) is 0 Å². The van der Waals surface area contributed by atoms with Gasteiger partial charge in [-0.3, -0.25) is 0 Å². The molecule has 0 aliphatic carbocycles. The molecule has 0 fully saturated rings. The topological polar surface area (TPSA) is 0 Å². The number of halogens is 2. The summed E-state index contributed by atoms with van der Waals surface area (Å²) < 4.78 is 0. The van der Waals surface area contributed by atoms with Crippen LogP contribution in [0.25, 0.3) is 10.8 Å². The van der Waals surface area contributed by atoms with Crippen molar-refractivity contribution in [2.75, 3.05) is 12.3 Å². The number of fused-ring (bicyclic) bond motifs is 1. The van der Waals surface area contributed by atoms with Crippen molar-refractivity contribution in [2.45, 2.75) is 72.6 Å². The Kier molecular flexibility index (Phi) is 20.7. The summed E-state index contributed by atoms with van der Waals surface area (Å²) in [4.78, 5) is 0. The van der Waals surface area contributed by atoms with E-state index in [0.29, 0.717) is 0 Å². The van der Waals surface area contributed by atoms with E-state index in [1.807, 2.05) is 0 Å². The number of unbranched alkanes of at least 4 members (excludes halogenated alkanes) is 3. The SMILES string of the molecule is CCCCP(CCCC)c1cc2ccccc2[cH-]1.CCCC[c-]1cccc1C.[Cl-].[Cl-].[Ti+4]. The van der Waals surface area contributed by atoms with E-state index >= 15 is 0 Å². The van der Waals surface area contributed by atoms with Crippen LogP contribution >= 0.6 is 7.92 Å². The van der Waals surface area contributed by atoms with E-state index in [0.717, 1.165) is 0 Å². The Morgan fingerprint density at radius 1 is 0.839 bits per heavy atom. The Hall–Kier alpha value is -0.0957. The molecular weight excluding hydrogens is 474 g/mol. The summed E-state index contributed by atoms with van der Waals surface area (Å²) in [7, 11) is 0.0856. The Balaban J connectivity index is 0. The molecule has 4 heteroatoms. The van der Waals surface area contributed by atoms with E-state index in [-0.39, 0.29) is 54.5 Å². The fourth-order valence-electron chi connectivity index (χ4n) is 3.58. The second-order valence-electron chi connectivity index (χ2n) is 7.87. The van der Waals surface area contributed by atoms with E-state index in [9.17, 15) is 0 Å². The molecule has 3 aromatic rings. The van der Waals surface area contributed by atoms with Crippen LogP contribution in [0.15, 0.2) is 54.6 Å². The molecule has 0 aromatic heterocycles. The van der Waals surface area contributed by atoms with Crippen molar-refractivity contribution in [2.24, 2.45) is 0 Å². The van der Waals surface area contributed by atoms with Crippen LogP contribution in [0.3, 0.4) is 0 Å². The smallest absolute Gasteiger partial charge is 1.00 e. The molecule has 31 heavy (non-hydrogen) atoms. The zero-order valence-corrected chi connectivity index (χ0v) is 23.7. The van der Waals surface area contributed by atoms with Crippen molar-refractivity contribution < 1.29 is 46.5 Å².